The largest absolute Gasteiger partial charge is 0.349 e. The van der Waals surface area contributed by atoms with Crippen LogP contribution < -0.4 is 5.32 Å². The summed E-state index contributed by atoms with van der Waals surface area (Å²) in [6.45, 7) is 1.85. The molecule has 3 rings (SSSR count). The lowest BCUT2D eigenvalue weighted by molar-refractivity contribution is 0.0731. The Morgan fingerprint density at radius 1 is 1.41 bits per heavy atom. The molecule has 1 aromatic heterocycles. The van der Waals surface area contributed by atoms with Crippen LogP contribution in [-0.2, 0) is 13.0 Å². The molecule has 7 nitrogen and oxygen atoms in total. The predicted molar refractivity (Wildman–Crippen MR) is 99.3 cm³/mol. The Kier molecular flexibility index (Phi) is 5.76. The van der Waals surface area contributed by atoms with Gasteiger partial charge in [-0.1, -0.05) is 11.6 Å². The summed E-state index contributed by atoms with van der Waals surface area (Å²) in [6, 6.07) is 3.70. The summed E-state index contributed by atoms with van der Waals surface area (Å²) in [4.78, 5) is 28.7. The quantitative estimate of drug-likeness (QED) is 0.810. The lowest BCUT2D eigenvalue weighted by Crippen LogP contribution is -2.37. The van der Waals surface area contributed by atoms with Crippen LogP contribution in [0, 0.1) is 5.82 Å². The summed E-state index contributed by atoms with van der Waals surface area (Å²) in [5.74, 6) is -1.18. The number of H-pyrrole nitrogens is 1. The lowest BCUT2D eigenvalue weighted by Gasteiger charge is -2.27. The van der Waals surface area contributed by atoms with Gasteiger partial charge in [0.05, 0.1) is 17.1 Å². The van der Waals surface area contributed by atoms with Crippen molar-refractivity contribution in [1.29, 1.82) is 0 Å². The van der Waals surface area contributed by atoms with E-state index in [1.165, 1.54) is 12.1 Å². The zero-order valence-corrected chi connectivity index (χ0v) is 15.9. The second kappa shape index (κ2) is 8.06. The maximum atomic E-state index is 13.5. The molecule has 2 N–H and O–H groups in total. The van der Waals surface area contributed by atoms with Crippen LogP contribution in [0.3, 0.4) is 0 Å². The number of carbonyl (C=O) groups is 2. The number of hydrogen-bond donors (Lipinski definition) is 2. The molecule has 2 aromatic rings. The summed E-state index contributed by atoms with van der Waals surface area (Å²) >= 11 is 6.05. The monoisotopic (exact) mass is 393 g/mol. The Morgan fingerprint density at radius 2 is 2.19 bits per heavy atom. The van der Waals surface area contributed by atoms with Crippen LogP contribution in [0.2, 0.25) is 5.02 Å². The van der Waals surface area contributed by atoms with E-state index in [9.17, 15) is 14.0 Å². The normalized spacial score (nSPS) is 13.6. The Hall–Kier alpha value is -2.45. The van der Waals surface area contributed by atoms with Crippen molar-refractivity contribution in [2.24, 2.45) is 0 Å². The molecule has 144 valence electrons. The topological polar surface area (TPSA) is 81.3 Å². The van der Waals surface area contributed by atoms with E-state index in [-0.39, 0.29) is 34.6 Å². The molecular formula is C18H21ClFN5O2. The van der Waals surface area contributed by atoms with Crippen molar-refractivity contribution >= 4 is 23.4 Å². The molecule has 0 bridgehead atoms. The van der Waals surface area contributed by atoms with Crippen LogP contribution in [0.5, 0.6) is 0 Å². The van der Waals surface area contributed by atoms with Crippen LogP contribution in [0.4, 0.5) is 4.39 Å². The van der Waals surface area contributed by atoms with Crippen molar-refractivity contribution in [3.63, 3.8) is 0 Å². The second-order valence-corrected chi connectivity index (χ2v) is 7.10. The van der Waals surface area contributed by atoms with Crippen molar-refractivity contribution in [3.05, 3.63) is 51.6 Å². The van der Waals surface area contributed by atoms with Crippen molar-refractivity contribution in [1.82, 2.24) is 25.3 Å². The maximum absolute atomic E-state index is 13.5. The van der Waals surface area contributed by atoms with Crippen LogP contribution in [-0.4, -0.2) is 65.5 Å². The Morgan fingerprint density at radius 3 is 2.93 bits per heavy atom. The number of likely N-dealkylation sites (N-methyl/N-ethyl adjacent to an activating group) is 1. The molecule has 2 amide bonds. The molecule has 1 aromatic carbocycles. The van der Waals surface area contributed by atoms with Gasteiger partial charge < -0.3 is 15.1 Å². The van der Waals surface area contributed by atoms with Gasteiger partial charge >= 0.3 is 0 Å². The van der Waals surface area contributed by atoms with Gasteiger partial charge in [-0.25, -0.2) is 4.39 Å². The van der Waals surface area contributed by atoms with Gasteiger partial charge in [0, 0.05) is 37.3 Å². The molecular weight excluding hydrogens is 373 g/mol. The molecule has 2 heterocycles. The minimum atomic E-state index is -0.523. The van der Waals surface area contributed by atoms with Gasteiger partial charge in [-0.05, 0) is 32.3 Å². The molecule has 0 fully saturated rings. The highest BCUT2D eigenvalue weighted by atomic mass is 35.5. The highest BCUT2D eigenvalue weighted by Gasteiger charge is 2.29. The van der Waals surface area contributed by atoms with E-state index in [0.29, 0.717) is 31.6 Å². The van der Waals surface area contributed by atoms with Crippen molar-refractivity contribution in [3.8, 4) is 0 Å². The zero-order chi connectivity index (χ0) is 19.6. The molecule has 0 unspecified atom stereocenters. The molecule has 1 aliphatic heterocycles. The van der Waals surface area contributed by atoms with Crippen molar-refractivity contribution in [2.45, 2.75) is 13.0 Å². The summed E-state index contributed by atoms with van der Waals surface area (Å²) in [5, 5.41) is 10.0. The first-order valence-electron chi connectivity index (χ1n) is 8.60. The molecule has 9 heteroatoms. The molecule has 0 radical (unpaired) electrons. The van der Waals surface area contributed by atoms with E-state index >= 15 is 0 Å². The number of rotatable bonds is 5. The fraction of sp³-hybridized carbons (Fsp3) is 0.389. The molecule has 0 aliphatic carbocycles. The van der Waals surface area contributed by atoms with Crippen LogP contribution in [0.25, 0.3) is 0 Å². The molecule has 0 atom stereocenters. The van der Waals surface area contributed by atoms with Crippen LogP contribution >= 0.6 is 11.6 Å². The molecule has 0 saturated heterocycles. The van der Waals surface area contributed by atoms with E-state index in [1.807, 2.05) is 19.0 Å². The average molecular weight is 394 g/mol. The number of aromatic amines is 1. The second-order valence-electron chi connectivity index (χ2n) is 6.69. The third-order valence-corrected chi connectivity index (χ3v) is 4.77. The number of aromatic nitrogens is 2. The van der Waals surface area contributed by atoms with Crippen molar-refractivity contribution < 1.29 is 14.0 Å². The summed E-state index contributed by atoms with van der Waals surface area (Å²) in [5.41, 5.74) is 1.92. The van der Waals surface area contributed by atoms with Gasteiger partial charge in [-0.2, -0.15) is 5.10 Å². The number of benzene rings is 1. The van der Waals surface area contributed by atoms with E-state index in [2.05, 4.69) is 15.5 Å². The number of nitrogens with zero attached hydrogens (tertiary/aromatic N) is 3. The SMILES string of the molecule is CN(C)CCNC(=O)c1n[nH]c2c1CN(C(=O)c1cc(F)ccc1Cl)CC2. The maximum Gasteiger partial charge on any atom is 0.272 e. The molecule has 0 spiro atoms. The van der Waals surface area contributed by atoms with E-state index < -0.39 is 5.82 Å². The first-order valence-corrected chi connectivity index (χ1v) is 8.98. The van der Waals surface area contributed by atoms with Gasteiger partial charge in [0.15, 0.2) is 5.69 Å². The van der Waals surface area contributed by atoms with Crippen molar-refractivity contribution in [2.75, 3.05) is 33.7 Å². The number of carbonyl (C=O) groups excluding carboxylic acids is 2. The Bertz CT molecular complexity index is 867. The molecule has 0 saturated carbocycles. The van der Waals surface area contributed by atoms with Crippen LogP contribution in [0.1, 0.15) is 32.1 Å². The first kappa shape index (κ1) is 19.3. The van der Waals surface area contributed by atoms with E-state index in [1.54, 1.807) is 4.90 Å². The number of hydrogen-bond acceptors (Lipinski definition) is 4. The summed E-state index contributed by atoms with van der Waals surface area (Å²) in [7, 11) is 3.84. The summed E-state index contributed by atoms with van der Waals surface area (Å²) < 4.78 is 13.5. The number of halogens is 2. The fourth-order valence-corrected chi connectivity index (χ4v) is 3.16. The van der Waals surface area contributed by atoms with Gasteiger partial charge in [-0.3, -0.25) is 14.7 Å². The van der Waals surface area contributed by atoms with Gasteiger partial charge in [0.1, 0.15) is 5.82 Å². The standard InChI is InChI=1S/C18H21ClFN5O2/c1-24(2)8-6-21-17(26)16-13-10-25(7-5-15(13)22-23-16)18(27)12-9-11(20)3-4-14(12)19/h3-4,9H,5-8,10H2,1-2H3,(H,21,26)(H,22,23). The average Bonchev–Trinajstić information content (AvgIpc) is 3.06. The summed E-state index contributed by atoms with van der Waals surface area (Å²) in [6.07, 6.45) is 0.534. The Labute approximate surface area is 161 Å². The lowest BCUT2D eigenvalue weighted by atomic mass is 10.0. The zero-order valence-electron chi connectivity index (χ0n) is 15.2. The fourth-order valence-electron chi connectivity index (χ4n) is 2.96. The van der Waals surface area contributed by atoms with Crippen LogP contribution in [0.15, 0.2) is 18.2 Å². The number of amides is 2. The van der Waals surface area contributed by atoms with Gasteiger partial charge in [0.2, 0.25) is 0 Å². The third-order valence-electron chi connectivity index (χ3n) is 4.44. The smallest absolute Gasteiger partial charge is 0.272 e. The van der Waals surface area contributed by atoms with Gasteiger partial charge in [0.25, 0.3) is 11.8 Å². The molecule has 27 heavy (non-hydrogen) atoms. The Balaban J connectivity index is 1.75. The molecule has 1 aliphatic rings. The van der Waals surface area contributed by atoms with Gasteiger partial charge in [-0.15, -0.1) is 0 Å². The highest BCUT2D eigenvalue weighted by Crippen LogP contribution is 2.25. The van der Waals surface area contributed by atoms with E-state index in [4.69, 9.17) is 11.6 Å². The first-order chi connectivity index (χ1) is 12.9. The minimum Gasteiger partial charge on any atom is -0.349 e. The van der Waals surface area contributed by atoms with E-state index in [0.717, 1.165) is 11.8 Å². The number of fused-ring (bicyclic) bond motifs is 1. The predicted octanol–water partition coefficient (Wildman–Crippen LogP) is 1.69. The number of nitrogens with one attached hydrogen (secondary N) is 2. The minimum absolute atomic E-state index is 0.112. The third kappa shape index (κ3) is 4.28. The highest BCUT2D eigenvalue weighted by molar-refractivity contribution is 6.33.